The Morgan fingerprint density at radius 3 is 2.62 bits per heavy atom. The van der Waals surface area contributed by atoms with Crippen molar-refractivity contribution in [1.29, 1.82) is 0 Å². The molecule has 2 atom stereocenters. The molecule has 0 spiro atoms. The Morgan fingerprint density at radius 2 is 2.00 bits per heavy atom. The van der Waals surface area contributed by atoms with Crippen molar-refractivity contribution < 1.29 is 0 Å². The summed E-state index contributed by atoms with van der Waals surface area (Å²) in [5.41, 5.74) is 7.73. The SMILES string of the molecule is Cc1cc(N2CC3CCCC3C2)ncc1N. The van der Waals surface area contributed by atoms with E-state index in [0.717, 1.165) is 28.9 Å². The molecule has 1 aliphatic carbocycles. The molecular formula is C13H19N3. The minimum atomic E-state index is 0.795. The van der Waals surface area contributed by atoms with Crippen LogP contribution in [0.1, 0.15) is 24.8 Å². The molecule has 3 nitrogen and oxygen atoms in total. The van der Waals surface area contributed by atoms with Gasteiger partial charge in [-0.1, -0.05) is 6.42 Å². The van der Waals surface area contributed by atoms with Crippen molar-refractivity contribution in [3.05, 3.63) is 17.8 Å². The molecule has 0 bridgehead atoms. The maximum absolute atomic E-state index is 5.80. The predicted octanol–water partition coefficient (Wildman–Crippen LogP) is 2.21. The van der Waals surface area contributed by atoms with Crippen LogP contribution in [-0.4, -0.2) is 18.1 Å². The normalized spacial score (nSPS) is 28.4. The second kappa shape index (κ2) is 3.65. The highest BCUT2D eigenvalue weighted by molar-refractivity contribution is 5.52. The number of anilines is 2. The molecule has 2 heterocycles. The van der Waals surface area contributed by atoms with E-state index in [1.165, 1.54) is 32.4 Å². The second-order valence-electron chi connectivity index (χ2n) is 5.26. The van der Waals surface area contributed by atoms with E-state index in [1.807, 2.05) is 0 Å². The van der Waals surface area contributed by atoms with Crippen molar-refractivity contribution in [3.63, 3.8) is 0 Å². The highest BCUT2D eigenvalue weighted by atomic mass is 15.2. The van der Waals surface area contributed by atoms with E-state index in [2.05, 4.69) is 22.9 Å². The number of aromatic nitrogens is 1. The number of pyridine rings is 1. The Hall–Kier alpha value is -1.25. The summed E-state index contributed by atoms with van der Waals surface area (Å²) in [6.07, 6.45) is 6.04. The third-order valence-electron chi connectivity index (χ3n) is 4.19. The number of hydrogen-bond donors (Lipinski definition) is 1. The Labute approximate surface area is 96.7 Å². The van der Waals surface area contributed by atoms with Gasteiger partial charge in [-0.25, -0.2) is 4.98 Å². The molecule has 2 fully saturated rings. The van der Waals surface area contributed by atoms with Crippen molar-refractivity contribution in [1.82, 2.24) is 4.98 Å². The Balaban J connectivity index is 1.81. The summed E-state index contributed by atoms with van der Waals surface area (Å²) in [4.78, 5) is 6.88. The highest BCUT2D eigenvalue weighted by Crippen LogP contribution is 2.39. The predicted molar refractivity (Wildman–Crippen MR) is 66.4 cm³/mol. The lowest BCUT2D eigenvalue weighted by atomic mass is 10.0. The first kappa shape index (κ1) is 9.94. The van der Waals surface area contributed by atoms with Gasteiger partial charge in [0.05, 0.1) is 11.9 Å². The van der Waals surface area contributed by atoms with Crippen LogP contribution in [-0.2, 0) is 0 Å². The van der Waals surface area contributed by atoms with Gasteiger partial charge in [0.1, 0.15) is 5.82 Å². The Bertz CT molecular complexity index is 390. The highest BCUT2D eigenvalue weighted by Gasteiger charge is 2.36. The molecule has 1 aliphatic heterocycles. The molecule has 1 aromatic heterocycles. The zero-order valence-corrected chi connectivity index (χ0v) is 9.82. The van der Waals surface area contributed by atoms with Crippen molar-refractivity contribution in [2.24, 2.45) is 11.8 Å². The van der Waals surface area contributed by atoms with Crippen LogP contribution in [0.3, 0.4) is 0 Å². The van der Waals surface area contributed by atoms with Crippen LogP contribution in [0.2, 0.25) is 0 Å². The van der Waals surface area contributed by atoms with Crippen LogP contribution in [0.15, 0.2) is 12.3 Å². The summed E-state index contributed by atoms with van der Waals surface area (Å²) in [7, 11) is 0. The van der Waals surface area contributed by atoms with Gasteiger partial charge in [0.15, 0.2) is 0 Å². The summed E-state index contributed by atoms with van der Waals surface area (Å²) >= 11 is 0. The van der Waals surface area contributed by atoms with Crippen LogP contribution in [0, 0.1) is 18.8 Å². The Kier molecular flexibility index (Phi) is 2.27. The van der Waals surface area contributed by atoms with E-state index in [0.29, 0.717) is 0 Å². The molecular weight excluding hydrogens is 198 g/mol. The van der Waals surface area contributed by atoms with Crippen molar-refractivity contribution in [2.45, 2.75) is 26.2 Å². The summed E-state index contributed by atoms with van der Waals surface area (Å²) in [6, 6.07) is 2.12. The molecule has 86 valence electrons. The summed E-state index contributed by atoms with van der Waals surface area (Å²) in [5, 5.41) is 0. The van der Waals surface area contributed by atoms with E-state index >= 15 is 0 Å². The fraction of sp³-hybridized carbons (Fsp3) is 0.615. The summed E-state index contributed by atoms with van der Waals surface area (Å²) < 4.78 is 0. The maximum Gasteiger partial charge on any atom is 0.128 e. The first-order valence-corrected chi connectivity index (χ1v) is 6.21. The van der Waals surface area contributed by atoms with Crippen molar-refractivity contribution >= 4 is 11.5 Å². The first-order chi connectivity index (χ1) is 7.74. The van der Waals surface area contributed by atoms with Gasteiger partial charge in [-0.15, -0.1) is 0 Å². The molecule has 1 aromatic rings. The van der Waals surface area contributed by atoms with Crippen LogP contribution >= 0.6 is 0 Å². The fourth-order valence-corrected chi connectivity index (χ4v) is 3.15. The third-order valence-corrected chi connectivity index (χ3v) is 4.19. The molecule has 0 aromatic carbocycles. The van der Waals surface area contributed by atoms with Gasteiger partial charge in [0, 0.05) is 13.1 Å². The van der Waals surface area contributed by atoms with E-state index in [1.54, 1.807) is 6.20 Å². The second-order valence-corrected chi connectivity index (χ2v) is 5.26. The minimum absolute atomic E-state index is 0.795. The minimum Gasteiger partial charge on any atom is -0.397 e. The number of fused-ring (bicyclic) bond motifs is 1. The molecule has 16 heavy (non-hydrogen) atoms. The van der Waals surface area contributed by atoms with E-state index in [-0.39, 0.29) is 0 Å². The van der Waals surface area contributed by atoms with Crippen LogP contribution in [0.5, 0.6) is 0 Å². The molecule has 3 rings (SSSR count). The van der Waals surface area contributed by atoms with Crippen molar-refractivity contribution in [3.8, 4) is 0 Å². The zero-order chi connectivity index (χ0) is 11.1. The lowest BCUT2D eigenvalue weighted by molar-refractivity contribution is 0.494. The Morgan fingerprint density at radius 1 is 1.31 bits per heavy atom. The smallest absolute Gasteiger partial charge is 0.128 e. The van der Waals surface area contributed by atoms with E-state index < -0.39 is 0 Å². The fourth-order valence-electron chi connectivity index (χ4n) is 3.15. The van der Waals surface area contributed by atoms with E-state index in [4.69, 9.17) is 5.73 Å². The average Bonchev–Trinajstić information content (AvgIpc) is 2.81. The summed E-state index contributed by atoms with van der Waals surface area (Å²) in [6.45, 7) is 4.44. The molecule has 3 heteroatoms. The number of hydrogen-bond acceptors (Lipinski definition) is 3. The lowest BCUT2D eigenvalue weighted by Gasteiger charge is -2.19. The van der Waals surface area contributed by atoms with Gasteiger partial charge in [0.2, 0.25) is 0 Å². The molecule has 1 saturated carbocycles. The molecule has 1 saturated heterocycles. The van der Waals surface area contributed by atoms with Gasteiger partial charge >= 0.3 is 0 Å². The third kappa shape index (κ3) is 1.55. The van der Waals surface area contributed by atoms with E-state index in [9.17, 15) is 0 Å². The standard InChI is InChI=1S/C13H19N3/c1-9-5-13(15-6-12(9)14)16-7-10-3-2-4-11(10)8-16/h5-6,10-11H,2-4,7-8,14H2,1H3. The molecule has 2 N–H and O–H groups in total. The number of nitrogen functional groups attached to an aromatic ring is 1. The number of rotatable bonds is 1. The molecule has 2 aliphatic rings. The molecule has 0 radical (unpaired) electrons. The van der Waals surface area contributed by atoms with Crippen LogP contribution < -0.4 is 10.6 Å². The van der Waals surface area contributed by atoms with Gasteiger partial charge < -0.3 is 10.6 Å². The topological polar surface area (TPSA) is 42.2 Å². The van der Waals surface area contributed by atoms with Gasteiger partial charge in [-0.05, 0) is 43.2 Å². The molecule has 0 amide bonds. The van der Waals surface area contributed by atoms with Gasteiger partial charge in [-0.3, -0.25) is 0 Å². The zero-order valence-electron chi connectivity index (χ0n) is 9.82. The monoisotopic (exact) mass is 217 g/mol. The largest absolute Gasteiger partial charge is 0.397 e. The average molecular weight is 217 g/mol. The number of nitrogens with two attached hydrogens (primary N) is 1. The van der Waals surface area contributed by atoms with Gasteiger partial charge in [-0.2, -0.15) is 0 Å². The number of nitrogens with zero attached hydrogens (tertiary/aromatic N) is 2. The van der Waals surface area contributed by atoms with Gasteiger partial charge in [0.25, 0.3) is 0 Å². The maximum atomic E-state index is 5.80. The van der Waals surface area contributed by atoms with Crippen LogP contribution in [0.25, 0.3) is 0 Å². The summed E-state index contributed by atoms with van der Waals surface area (Å²) in [5.74, 6) is 2.94. The quantitative estimate of drug-likeness (QED) is 0.784. The number of aryl methyl sites for hydroxylation is 1. The van der Waals surface area contributed by atoms with Crippen LogP contribution in [0.4, 0.5) is 11.5 Å². The van der Waals surface area contributed by atoms with Crippen molar-refractivity contribution in [2.75, 3.05) is 23.7 Å². The first-order valence-electron chi connectivity index (χ1n) is 6.21. The lowest BCUT2D eigenvalue weighted by Crippen LogP contribution is -2.22. The molecule has 2 unspecified atom stereocenters.